The maximum absolute atomic E-state index is 12.7. The predicted octanol–water partition coefficient (Wildman–Crippen LogP) is 1.93. The molecule has 1 saturated heterocycles. The maximum Gasteiger partial charge on any atom is 0.224 e. The van der Waals surface area contributed by atoms with E-state index in [1.165, 1.54) is 10.6 Å². The zero-order valence-electron chi connectivity index (χ0n) is 13.4. The van der Waals surface area contributed by atoms with Gasteiger partial charge in [-0.25, -0.2) is 12.7 Å². The Labute approximate surface area is 138 Å². The lowest BCUT2D eigenvalue weighted by Gasteiger charge is -2.31. The maximum atomic E-state index is 12.7. The Morgan fingerprint density at radius 1 is 1.22 bits per heavy atom. The number of hydrogen-bond donors (Lipinski definition) is 1. The Balaban J connectivity index is 1.67. The quantitative estimate of drug-likeness (QED) is 0.893. The summed E-state index contributed by atoms with van der Waals surface area (Å²) in [7, 11) is -3.22. The highest BCUT2D eigenvalue weighted by atomic mass is 32.2. The molecule has 1 N–H and O–H groups in total. The fourth-order valence-corrected chi connectivity index (χ4v) is 4.20. The van der Waals surface area contributed by atoms with Crippen LogP contribution in [0.2, 0.25) is 0 Å². The number of piperidine rings is 1. The van der Waals surface area contributed by atoms with Crippen LogP contribution in [0.3, 0.4) is 0 Å². The molecule has 5 nitrogen and oxygen atoms in total. The van der Waals surface area contributed by atoms with Crippen LogP contribution < -0.4 is 5.32 Å². The molecule has 1 aromatic rings. The van der Waals surface area contributed by atoms with Gasteiger partial charge in [-0.2, -0.15) is 0 Å². The first-order valence-corrected chi connectivity index (χ1v) is 10.1. The van der Waals surface area contributed by atoms with Gasteiger partial charge in [0.25, 0.3) is 0 Å². The minimum atomic E-state index is -3.22. The van der Waals surface area contributed by atoms with E-state index >= 15 is 0 Å². The lowest BCUT2D eigenvalue weighted by atomic mass is 9.96. The SMILES string of the molecule is CS(=O)(=O)N1CCCC(C(=O)NC(c2ccccc2)C2CC2)C1. The third-order valence-electron chi connectivity index (χ3n) is 4.77. The minimum Gasteiger partial charge on any atom is -0.349 e. The lowest BCUT2D eigenvalue weighted by Crippen LogP contribution is -2.46. The van der Waals surface area contributed by atoms with Gasteiger partial charge in [-0.05, 0) is 37.2 Å². The molecule has 2 unspecified atom stereocenters. The fourth-order valence-electron chi connectivity index (χ4n) is 3.29. The first-order valence-electron chi connectivity index (χ1n) is 8.25. The van der Waals surface area contributed by atoms with Crippen LogP contribution in [0.1, 0.15) is 37.3 Å². The van der Waals surface area contributed by atoms with Crippen molar-refractivity contribution in [3.8, 4) is 0 Å². The summed E-state index contributed by atoms with van der Waals surface area (Å²) in [5, 5.41) is 3.18. The van der Waals surface area contributed by atoms with E-state index in [4.69, 9.17) is 0 Å². The number of hydrogen-bond acceptors (Lipinski definition) is 3. The van der Waals surface area contributed by atoms with E-state index in [0.717, 1.165) is 31.2 Å². The van der Waals surface area contributed by atoms with Crippen LogP contribution in [0.15, 0.2) is 30.3 Å². The normalized spacial score (nSPS) is 24.1. The smallest absolute Gasteiger partial charge is 0.224 e. The molecule has 1 aliphatic heterocycles. The summed E-state index contributed by atoms with van der Waals surface area (Å²) in [5.74, 6) is 0.249. The molecule has 2 aliphatic rings. The molecule has 1 saturated carbocycles. The molecule has 1 aliphatic carbocycles. The van der Waals surface area contributed by atoms with E-state index in [1.54, 1.807) is 0 Å². The zero-order valence-corrected chi connectivity index (χ0v) is 14.3. The van der Waals surface area contributed by atoms with Crippen molar-refractivity contribution in [2.45, 2.75) is 31.7 Å². The Morgan fingerprint density at radius 2 is 1.91 bits per heavy atom. The van der Waals surface area contributed by atoms with Crippen LogP contribution in [0.25, 0.3) is 0 Å². The van der Waals surface area contributed by atoms with Crippen LogP contribution >= 0.6 is 0 Å². The summed E-state index contributed by atoms with van der Waals surface area (Å²) in [6, 6.07) is 10.1. The van der Waals surface area contributed by atoms with Gasteiger partial charge in [-0.1, -0.05) is 30.3 Å². The molecule has 1 aromatic carbocycles. The number of carbonyl (C=O) groups is 1. The molecule has 1 heterocycles. The van der Waals surface area contributed by atoms with Crippen molar-refractivity contribution in [3.63, 3.8) is 0 Å². The standard InChI is InChI=1S/C17H24N2O3S/c1-23(21,22)19-11-5-8-15(12-19)17(20)18-16(14-9-10-14)13-6-3-2-4-7-13/h2-4,6-7,14-16H,5,8-12H2,1H3,(H,18,20). The highest BCUT2D eigenvalue weighted by Crippen LogP contribution is 2.41. The molecule has 2 fully saturated rings. The van der Waals surface area contributed by atoms with Crippen LogP contribution in [0.4, 0.5) is 0 Å². The second-order valence-corrected chi connectivity index (χ2v) is 8.68. The highest BCUT2D eigenvalue weighted by Gasteiger charge is 2.36. The Kier molecular flexibility index (Phi) is 4.73. The van der Waals surface area contributed by atoms with Gasteiger partial charge in [0.05, 0.1) is 18.2 Å². The van der Waals surface area contributed by atoms with E-state index in [2.05, 4.69) is 5.32 Å². The van der Waals surface area contributed by atoms with Crippen LogP contribution in [-0.4, -0.2) is 38.0 Å². The van der Waals surface area contributed by atoms with Crippen molar-refractivity contribution in [1.29, 1.82) is 0 Å². The Hall–Kier alpha value is -1.40. The predicted molar refractivity (Wildman–Crippen MR) is 89.2 cm³/mol. The van der Waals surface area contributed by atoms with E-state index in [1.807, 2.05) is 30.3 Å². The molecule has 0 bridgehead atoms. The number of carbonyl (C=O) groups excluding carboxylic acids is 1. The zero-order chi connectivity index (χ0) is 16.4. The highest BCUT2D eigenvalue weighted by molar-refractivity contribution is 7.88. The van der Waals surface area contributed by atoms with Gasteiger partial charge in [0.2, 0.25) is 15.9 Å². The number of nitrogens with one attached hydrogen (secondary N) is 1. The van der Waals surface area contributed by atoms with E-state index in [-0.39, 0.29) is 17.9 Å². The molecule has 6 heteroatoms. The second-order valence-electron chi connectivity index (χ2n) is 6.69. The molecule has 0 radical (unpaired) electrons. The van der Waals surface area contributed by atoms with E-state index < -0.39 is 10.0 Å². The van der Waals surface area contributed by atoms with Gasteiger partial charge in [0.1, 0.15) is 0 Å². The monoisotopic (exact) mass is 336 g/mol. The summed E-state index contributed by atoms with van der Waals surface area (Å²) in [6.07, 6.45) is 4.98. The molecule has 0 spiro atoms. The molecule has 2 atom stereocenters. The van der Waals surface area contributed by atoms with Crippen LogP contribution in [-0.2, 0) is 14.8 Å². The van der Waals surface area contributed by atoms with Gasteiger partial charge >= 0.3 is 0 Å². The van der Waals surface area contributed by atoms with Crippen LogP contribution in [0, 0.1) is 11.8 Å². The Bertz CT molecular complexity index is 656. The number of sulfonamides is 1. The van der Waals surface area contributed by atoms with Crippen molar-refractivity contribution in [2.75, 3.05) is 19.3 Å². The Morgan fingerprint density at radius 3 is 2.52 bits per heavy atom. The summed E-state index contributed by atoms with van der Waals surface area (Å²) in [4.78, 5) is 12.7. The summed E-state index contributed by atoms with van der Waals surface area (Å²) >= 11 is 0. The van der Waals surface area contributed by atoms with Crippen molar-refractivity contribution in [1.82, 2.24) is 9.62 Å². The summed E-state index contributed by atoms with van der Waals surface area (Å²) in [6.45, 7) is 0.824. The molecule has 0 aromatic heterocycles. The van der Waals surface area contributed by atoms with Crippen molar-refractivity contribution in [2.24, 2.45) is 11.8 Å². The number of nitrogens with zero attached hydrogens (tertiary/aromatic N) is 1. The topological polar surface area (TPSA) is 66.5 Å². The fraction of sp³-hybridized carbons (Fsp3) is 0.588. The molecule has 3 rings (SSSR count). The number of benzene rings is 1. The third kappa shape index (κ3) is 4.12. The molecule has 1 amide bonds. The largest absolute Gasteiger partial charge is 0.349 e. The van der Waals surface area contributed by atoms with E-state index in [0.29, 0.717) is 19.0 Å². The lowest BCUT2D eigenvalue weighted by molar-refractivity contribution is -0.127. The summed E-state index contributed by atoms with van der Waals surface area (Å²) in [5.41, 5.74) is 1.14. The van der Waals surface area contributed by atoms with Gasteiger partial charge in [-0.3, -0.25) is 4.79 Å². The molecular formula is C17H24N2O3S. The average molecular weight is 336 g/mol. The third-order valence-corrected chi connectivity index (χ3v) is 6.04. The van der Waals surface area contributed by atoms with Crippen molar-refractivity contribution < 1.29 is 13.2 Å². The van der Waals surface area contributed by atoms with Crippen LogP contribution in [0.5, 0.6) is 0 Å². The minimum absolute atomic E-state index is 0.0147. The molecule has 23 heavy (non-hydrogen) atoms. The van der Waals surface area contributed by atoms with Gasteiger partial charge < -0.3 is 5.32 Å². The van der Waals surface area contributed by atoms with Gasteiger partial charge in [0, 0.05) is 13.1 Å². The van der Waals surface area contributed by atoms with Gasteiger partial charge in [0.15, 0.2) is 0 Å². The average Bonchev–Trinajstić information content (AvgIpc) is 3.37. The van der Waals surface area contributed by atoms with Crippen molar-refractivity contribution in [3.05, 3.63) is 35.9 Å². The molecule has 126 valence electrons. The second kappa shape index (κ2) is 6.61. The van der Waals surface area contributed by atoms with Gasteiger partial charge in [-0.15, -0.1) is 0 Å². The summed E-state index contributed by atoms with van der Waals surface area (Å²) < 4.78 is 24.8. The first-order chi connectivity index (χ1) is 10.9. The van der Waals surface area contributed by atoms with E-state index in [9.17, 15) is 13.2 Å². The molecular weight excluding hydrogens is 312 g/mol. The number of rotatable bonds is 5. The first kappa shape index (κ1) is 16.5. The number of amides is 1. The van der Waals surface area contributed by atoms with Crippen molar-refractivity contribution >= 4 is 15.9 Å².